The Bertz CT molecular complexity index is 704. The summed E-state index contributed by atoms with van der Waals surface area (Å²) in [5.74, 6) is 0.763. The Morgan fingerprint density at radius 3 is 2.58 bits per heavy atom. The lowest BCUT2D eigenvalue weighted by molar-refractivity contribution is 0.527. The second-order valence-electron chi connectivity index (χ2n) is 4.44. The molecule has 4 heteroatoms. The largest absolute Gasteiger partial charge is 0.439 e. The normalized spacial score (nSPS) is 11.0. The molecule has 96 valence electrons. The SMILES string of the molecule is Nc1ccc(CCc2nc3cccc(Br)c3o2)cc1. The third-order valence-corrected chi connectivity index (χ3v) is 3.64. The second kappa shape index (κ2) is 5.05. The molecule has 1 aromatic heterocycles. The Kier molecular flexibility index (Phi) is 3.25. The van der Waals surface area contributed by atoms with Gasteiger partial charge in [0.25, 0.3) is 0 Å². The first-order valence-corrected chi connectivity index (χ1v) is 6.90. The third kappa shape index (κ3) is 2.63. The van der Waals surface area contributed by atoms with Gasteiger partial charge >= 0.3 is 0 Å². The van der Waals surface area contributed by atoms with Gasteiger partial charge < -0.3 is 10.2 Å². The van der Waals surface area contributed by atoms with E-state index in [0.29, 0.717) is 0 Å². The van der Waals surface area contributed by atoms with Crippen molar-refractivity contribution in [2.24, 2.45) is 0 Å². The predicted molar refractivity (Wildman–Crippen MR) is 80.0 cm³/mol. The zero-order valence-corrected chi connectivity index (χ0v) is 11.9. The van der Waals surface area contributed by atoms with Gasteiger partial charge in [0.15, 0.2) is 11.5 Å². The maximum atomic E-state index is 5.76. The van der Waals surface area contributed by atoms with Gasteiger partial charge in [-0.3, -0.25) is 0 Å². The molecule has 0 bridgehead atoms. The van der Waals surface area contributed by atoms with Gasteiger partial charge in [-0.25, -0.2) is 4.98 Å². The van der Waals surface area contributed by atoms with Crippen LogP contribution in [0.1, 0.15) is 11.5 Å². The summed E-state index contributed by atoms with van der Waals surface area (Å²) in [6.07, 6.45) is 1.68. The van der Waals surface area contributed by atoms with Crippen LogP contribution in [0.4, 0.5) is 5.69 Å². The minimum Gasteiger partial charge on any atom is -0.439 e. The van der Waals surface area contributed by atoms with Crippen LogP contribution in [0.2, 0.25) is 0 Å². The molecule has 0 atom stereocenters. The monoisotopic (exact) mass is 316 g/mol. The van der Waals surface area contributed by atoms with Crippen molar-refractivity contribution in [3.63, 3.8) is 0 Å². The van der Waals surface area contributed by atoms with Crippen molar-refractivity contribution in [1.82, 2.24) is 4.98 Å². The van der Waals surface area contributed by atoms with Crippen LogP contribution >= 0.6 is 15.9 Å². The zero-order chi connectivity index (χ0) is 13.2. The van der Waals surface area contributed by atoms with Crippen LogP contribution in [0.3, 0.4) is 0 Å². The van der Waals surface area contributed by atoms with Crippen molar-refractivity contribution in [3.05, 3.63) is 58.4 Å². The summed E-state index contributed by atoms with van der Waals surface area (Å²) in [6.45, 7) is 0. The fourth-order valence-electron chi connectivity index (χ4n) is 2.00. The van der Waals surface area contributed by atoms with Crippen LogP contribution in [-0.2, 0) is 12.8 Å². The van der Waals surface area contributed by atoms with Gasteiger partial charge in [0.05, 0.1) is 4.47 Å². The van der Waals surface area contributed by atoms with Crippen LogP contribution in [0.15, 0.2) is 51.4 Å². The maximum absolute atomic E-state index is 5.76. The highest BCUT2D eigenvalue weighted by Crippen LogP contribution is 2.25. The molecule has 0 spiro atoms. The smallest absolute Gasteiger partial charge is 0.195 e. The summed E-state index contributed by atoms with van der Waals surface area (Å²) in [7, 11) is 0. The van der Waals surface area contributed by atoms with Gasteiger partial charge in [0, 0.05) is 12.1 Å². The van der Waals surface area contributed by atoms with E-state index < -0.39 is 0 Å². The number of aromatic nitrogens is 1. The van der Waals surface area contributed by atoms with Crippen LogP contribution in [0.25, 0.3) is 11.1 Å². The number of benzene rings is 2. The fourth-order valence-corrected chi connectivity index (χ4v) is 2.44. The van der Waals surface area contributed by atoms with Gasteiger partial charge in [0.2, 0.25) is 0 Å². The Labute approximate surface area is 119 Å². The number of anilines is 1. The number of nitrogens with zero attached hydrogens (tertiary/aromatic N) is 1. The molecule has 19 heavy (non-hydrogen) atoms. The first kappa shape index (κ1) is 12.2. The van der Waals surface area contributed by atoms with Gasteiger partial charge in [0.1, 0.15) is 5.52 Å². The number of fused-ring (bicyclic) bond motifs is 1. The van der Waals surface area contributed by atoms with Gasteiger partial charge in [-0.15, -0.1) is 0 Å². The molecular formula is C15H13BrN2O. The van der Waals surface area contributed by atoms with Crippen molar-refractivity contribution in [2.45, 2.75) is 12.8 Å². The predicted octanol–water partition coefficient (Wildman–Crippen LogP) is 3.96. The summed E-state index contributed by atoms with van der Waals surface area (Å²) in [6, 6.07) is 13.8. The molecule has 0 saturated heterocycles. The number of para-hydroxylation sites is 1. The van der Waals surface area contributed by atoms with E-state index >= 15 is 0 Å². The second-order valence-corrected chi connectivity index (χ2v) is 5.29. The van der Waals surface area contributed by atoms with Crippen molar-refractivity contribution in [2.75, 3.05) is 5.73 Å². The number of nitrogen functional groups attached to an aromatic ring is 1. The molecule has 2 N–H and O–H groups in total. The number of nitrogens with two attached hydrogens (primary N) is 1. The van der Waals surface area contributed by atoms with Crippen molar-refractivity contribution >= 4 is 32.7 Å². The summed E-state index contributed by atoms with van der Waals surface area (Å²) in [5.41, 5.74) is 9.39. The first-order chi connectivity index (χ1) is 9.22. The summed E-state index contributed by atoms with van der Waals surface area (Å²) in [5, 5.41) is 0. The van der Waals surface area contributed by atoms with Gasteiger partial charge in [-0.2, -0.15) is 0 Å². The van der Waals surface area contributed by atoms with Crippen LogP contribution in [0.5, 0.6) is 0 Å². The van der Waals surface area contributed by atoms with E-state index in [-0.39, 0.29) is 0 Å². The lowest BCUT2D eigenvalue weighted by Gasteiger charge is -1.99. The topological polar surface area (TPSA) is 52.0 Å². The van der Waals surface area contributed by atoms with E-state index in [1.807, 2.05) is 42.5 Å². The molecule has 0 fully saturated rings. The molecule has 2 aromatic carbocycles. The highest BCUT2D eigenvalue weighted by molar-refractivity contribution is 9.10. The minimum absolute atomic E-state index is 0.763. The van der Waals surface area contributed by atoms with Crippen molar-refractivity contribution in [3.8, 4) is 0 Å². The van der Waals surface area contributed by atoms with Gasteiger partial charge in [-0.1, -0.05) is 18.2 Å². The van der Waals surface area contributed by atoms with E-state index in [9.17, 15) is 0 Å². The number of oxazole rings is 1. The van der Waals surface area contributed by atoms with Crippen LogP contribution in [0, 0.1) is 0 Å². The van der Waals surface area contributed by atoms with Gasteiger partial charge in [-0.05, 0) is 52.2 Å². The quantitative estimate of drug-likeness (QED) is 0.744. The molecule has 0 aliphatic heterocycles. The minimum atomic E-state index is 0.763. The number of halogens is 1. The summed E-state index contributed by atoms with van der Waals surface area (Å²) in [4.78, 5) is 4.48. The molecule has 0 unspecified atom stereocenters. The molecule has 0 amide bonds. The highest BCUT2D eigenvalue weighted by Gasteiger charge is 2.08. The van der Waals surface area contributed by atoms with Crippen LogP contribution in [-0.4, -0.2) is 4.98 Å². The number of aryl methyl sites for hydroxylation is 2. The molecule has 3 rings (SSSR count). The summed E-state index contributed by atoms with van der Waals surface area (Å²) >= 11 is 3.47. The summed E-state index contributed by atoms with van der Waals surface area (Å²) < 4.78 is 6.70. The van der Waals surface area contributed by atoms with E-state index in [1.165, 1.54) is 5.56 Å². The van der Waals surface area contributed by atoms with E-state index in [0.717, 1.165) is 40.0 Å². The molecule has 3 aromatic rings. The first-order valence-electron chi connectivity index (χ1n) is 6.11. The fraction of sp³-hybridized carbons (Fsp3) is 0.133. The lowest BCUT2D eigenvalue weighted by Crippen LogP contribution is -1.92. The zero-order valence-electron chi connectivity index (χ0n) is 10.3. The standard InChI is InChI=1S/C15H13BrN2O/c16-12-2-1-3-13-15(12)19-14(18-13)9-6-10-4-7-11(17)8-5-10/h1-5,7-8H,6,9,17H2. The Morgan fingerprint density at radius 2 is 1.84 bits per heavy atom. The van der Waals surface area contributed by atoms with Crippen molar-refractivity contribution < 1.29 is 4.42 Å². The molecule has 0 aliphatic rings. The molecule has 0 radical (unpaired) electrons. The highest BCUT2D eigenvalue weighted by atomic mass is 79.9. The lowest BCUT2D eigenvalue weighted by atomic mass is 10.1. The maximum Gasteiger partial charge on any atom is 0.195 e. The average Bonchev–Trinajstić information content (AvgIpc) is 2.83. The molecule has 3 nitrogen and oxygen atoms in total. The molecular weight excluding hydrogens is 304 g/mol. The van der Waals surface area contributed by atoms with E-state index in [1.54, 1.807) is 0 Å². The molecule has 0 saturated carbocycles. The van der Waals surface area contributed by atoms with E-state index in [4.69, 9.17) is 10.2 Å². The van der Waals surface area contributed by atoms with Crippen LogP contribution < -0.4 is 5.73 Å². The molecule has 1 heterocycles. The van der Waals surface area contributed by atoms with Crippen molar-refractivity contribution in [1.29, 1.82) is 0 Å². The Balaban J connectivity index is 1.78. The number of hydrogen-bond donors (Lipinski definition) is 1. The molecule has 0 aliphatic carbocycles. The Morgan fingerprint density at radius 1 is 1.05 bits per heavy atom. The number of rotatable bonds is 3. The third-order valence-electron chi connectivity index (χ3n) is 3.02. The average molecular weight is 317 g/mol. The number of hydrogen-bond acceptors (Lipinski definition) is 3. The van der Waals surface area contributed by atoms with E-state index in [2.05, 4.69) is 20.9 Å². The Hall–Kier alpha value is -1.81.